The molecule has 3 aromatic carbocycles. The number of rotatable bonds is 3. The fraction of sp³-hybridized carbons (Fsp3) is 0.276. The fourth-order valence-electron chi connectivity index (χ4n) is 6.39. The summed E-state index contributed by atoms with van der Waals surface area (Å²) in [6.07, 6.45) is 4.39. The maximum atomic E-state index is 14.7. The molecule has 2 heteroatoms. The lowest BCUT2D eigenvalue weighted by Crippen LogP contribution is -2.55. The van der Waals surface area contributed by atoms with Crippen LogP contribution in [0.4, 0.5) is 0 Å². The summed E-state index contributed by atoms with van der Waals surface area (Å²) in [5, 5.41) is 0. The molecule has 1 aliphatic heterocycles. The Kier molecular flexibility index (Phi) is 4.43. The fourth-order valence-corrected chi connectivity index (χ4v) is 6.39. The maximum Gasteiger partial charge on any atom is 0.189 e. The van der Waals surface area contributed by atoms with Crippen molar-refractivity contribution in [2.75, 3.05) is 13.1 Å². The first kappa shape index (κ1) is 18.8. The van der Waals surface area contributed by atoms with Gasteiger partial charge in [0, 0.05) is 11.5 Å². The van der Waals surface area contributed by atoms with Crippen LogP contribution in [-0.2, 0) is 16.8 Å². The van der Waals surface area contributed by atoms with Gasteiger partial charge in [-0.2, -0.15) is 0 Å². The Hall–Kier alpha value is -2.97. The number of fused-ring (bicyclic) bond motifs is 3. The van der Waals surface area contributed by atoms with Gasteiger partial charge in [-0.3, -0.25) is 9.69 Å². The van der Waals surface area contributed by atoms with Gasteiger partial charge in [-0.25, -0.2) is 0 Å². The molecule has 0 N–H and O–H groups in total. The van der Waals surface area contributed by atoms with Gasteiger partial charge in [-0.1, -0.05) is 84.9 Å². The maximum absolute atomic E-state index is 14.7. The van der Waals surface area contributed by atoms with Crippen molar-refractivity contribution >= 4 is 16.9 Å². The summed E-state index contributed by atoms with van der Waals surface area (Å²) in [4.78, 5) is 17.2. The molecular weight excluding hydrogens is 378 g/mol. The van der Waals surface area contributed by atoms with E-state index in [1.807, 2.05) is 6.07 Å². The number of carbonyl (C=O) groups excluding carboxylic acids is 1. The number of nitrogens with zero attached hydrogens (tertiary/aromatic N) is 1. The Morgan fingerprint density at radius 2 is 1.35 bits per heavy atom. The summed E-state index contributed by atoms with van der Waals surface area (Å²) in [6, 6.07) is 29.7. The zero-order valence-corrected chi connectivity index (χ0v) is 17.8. The predicted molar refractivity (Wildman–Crippen MR) is 125 cm³/mol. The SMILES string of the molecule is O=C1C(c2ccccc2)=C(c2ccccc2)C2CCc3ccccc3[C@@]12N1CCCC1. The predicted octanol–water partition coefficient (Wildman–Crippen LogP) is 5.73. The third-order valence-corrected chi connectivity index (χ3v) is 7.58. The molecule has 31 heavy (non-hydrogen) atoms. The van der Waals surface area contributed by atoms with E-state index in [9.17, 15) is 4.79 Å². The molecule has 3 aromatic rings. The zero-order chi connectivity index (χ0) is 20.8. The van der Waals surface area contributed by atoms with Crippen LogP contribution in [0.3, 0.4) is 0 Å². The minimum atomic E-state index is -0.568. The van der Waals surface area contributed by atoms with Crippen molar-refractivity contribution in [2.45, 2.75) is 31.2 Å². The number of aryl methyl sites for hydroxylation is 1. The highest BCUT2D eigenvalue weighted by Crippen LogP contribution is 2.59. The smallest absolute Gasteiger partial charge is 0.189 e. The first-order valence-corrected chi connectivity index (χ1v) is 11.5. The first-order chi connectivity index (χ1) is 15.3. The molecule has 1 heterocycles. The Morgan fingerprint density at radius 1 is 0.742 bits per heavy atom. The first-order valence-electron chi connectivity index (χ1n) is 11.5. The van der Waals surface area contributed by atoms with Gasteiger partial charge in [0.1, 0.15) is 5.54 Å². The van der Waals surface area contributed by atoms with Crippen molar-refractivity contribution in [3.63, 3.8) is 0 Å². The van der Waals surface area contributed by atoms with Gasteiger partial charge < -0.3 is 0 Å². The Balaban J connectivity index is 1.66. The van der Waals surface area contributed by atoms with E-state index in [0.29, 0.717) is 5.78 Å². The van der Waals surface area contributed by atoms with E-state index in [1.165, 1.54) is 35.1 Å². The molecule has 1 saturated heterocycles. The van der Waals surface area contributed by atoms with Gasteiger partial charge >= 0.3 is 0 Å². The molecule has 0 saturated carbocycles. The molecule has 6 rings (SSSR count). The van der Waals surface area contributed by atoms with E-state index in [2.05, 4.69) is 83.8 Å². The molecule has 2 aliphatic carbocycles. The van der Waals surface area contributed by atoms with E-state index < -0.39 is 5.54 Å². The van der Waals surface area contributed by atoms with E-state index in [0.717, 1.165) is 37.1 Å². The van der Waals surface area contributed by atoms with Crippen LogP contribution in [0.15, 0.2) is 84.9 Å². The summed E-state index contributed by atoms with van der Waals surface area (Å²) in [7, 11) is 0. The van der Waals surface area contributed by atoms with E-state index >= 15 is 0 Å². The van der Waals surface area contributed by atoms with Gasteiger partial charge in [-0.15, -0.1) is 0 Å². The van der Waals surface area contributed by atoms with E-state index in [-0.39, 0.29) is 5.92 Å². The highest BCUT2D eigenvalue weighted by molar-refractivity contribution is 6.35. The summed E-state index contributed by atoms with van der Waals surface area (Å²) in [6.45, 7) is 2.00. The largest absolute Gasteiger partial charge is 0.292 e. The highest BCUT2D eigenvalue weighted by atomic mass is 16.1. The Labute approximate surface area is 184 Å². The third-order valence-electron chi connectivity index (χ3n) is 7.58. The number of hydrogen-bond acceptors (Lipinski definition) is 2. The number of likely N-dealkylation sites (tertiary alicyclic amines) is 1. The second-order valence-electron chi connectivity index (χ2n) is 9.06. The quantitative estimate of drug-likeness (QED) is 0.554. The van der Waals surface area contributed by atoms with Crippen molar-refractivity contribution in [2.24, 2.45) is 5.92 Å². The van der Waals surface area contributed by atoms with Gasteiger partial charge in [0.15, 0.2) is 5.78 Å². The van der Waals surface area contributed by atoms with Crippen molar-refractivity contribution in [3.8, 4) is 0 Å². The molecule has 1 fully saturated rings. The summed E-state index contributed by atoms with van der Waals surface area (Å²) < 4.78 is 0. The zero-order valence-electron chi connectivity index (χ0n) is 17.8. The summed E-state index contributed by atoms with van der Waals surface area (Å²) in [5.41, 5.74) is 6.45. The van der Waals surface area contributed by atoms with Gasteiger partial charge in [0.05, 0.1) is 0 Å². The molecule has 1 unspecified atom stereocenters. The van der Waals surface area contributed by atoms with Gasteiger partial charge in [-0.05, 0) is 66.6 Å². The molecule has 0 radical (unpaired) electrons. The average molecular weight is 406 g/mol. The summed E-state index contributed by atoms with van der Waals surface area (Å²) in [5.74, 6) is 0.488. The Bertz CT molecular complexity index is 1160. The molecule has 0 aromatic heterocycles. The molecule has 0 amide bonds. The lowest BCUT2D eigenvalue weighted by atomic mass is 9.66. The summed E-state index contributed by atoms with van der Waals surface area (Å²) >= 11 is 0. The second kappa shape index (κ2) is 7.32. The molecule has 2 atom stereocenters. The van der Waals surface area contributed by atoms with Crippen molar-refractivity contribution < 1.29 is 4.79 Å². The van der Waals surface area contributed by atoms with Crippen LogP contribution >= 0.6 is 0 Å². The van der Waals surface area contributed by atoms with Crippen molar-refractivity contribution in [1.29, 1.82) is 0 Å². The average Bonchev–Trinajstić information content (AvgIpc) is 3.46. The van der Waals surface area contributed by atoms with Crippen LogP contribution in [0.1, 0.15) is 41.5 Å². The third kappa shape index (κ3) is 2.64. The van der Waals surface area contributed by atoms with E-state index in [1.54, 1.807) is 0 Å². The standard InChI is InChI=1S/C29H27NO/c31-28-27(23-14-5-2-6-15-23)26(22-12-3-1-4-13-22)25-18-17-21-11-7-8-16-24(21)29(25,28)30-19-9-10-20-30/h1-8,11-16,25H,9-10,17-20H2/t25?,29-/m0/s1. The van der Waals surface area contributed by atoms with Crippen molar-refractivity contribution in [3.05, 3.63) is 107 Å². The molecule has 154 valence electrons. The monoisotopic (exact) mass is 405 g/mol. The number of carbonyl (C=O) groups is 1. The van der Waals surface area contributed by atoms with E-state index in [4.69, 9.17) is 0 Å². The molecule has 0 bridgehead atoms. The molecule has 0 spiro atoms. The number of benzene rings is 3. The topological polar surface area (TPSA) is 20.3 Å². The highest BCUT2D eigenvalue weighted by Gasteiger charge is 2.61. The lowest BCUT2D eigenvalue weighted by molar-refractivity contribution is -0.127. The second-order valence-corrected chi connectivity index (χ2v) is 9.06. The van der Waals surface area contributed by atoms with Crippen LogP contribution in [0.5, 0.6) is 0 Å². The van der Waals surface area contributed by atoms with Crippen LogP contribution < -0.4 is 0 Å². The van der Waals surface area contributed by atoms with Crippen LogP contribution in [-0.4, -0.2) is 23.8 Å². The molecular formula is C29H27NO. The minimum absolute atomic E-state index is 0.186. The Morgan fingerprint density at radius 3 is 2.06 bits per heavy atom. The lowest BCUT2D eigenvalue weighted by Gasteiger charge is -2.47. The van der Waals surface area contributed by atoms with Crippen LogP contribution in [0.25, 0.3) is 11.1 Å². The molecule has 2 nitrogen and oxygen atoms in total. The van der Waals surface area contributed by atoms with Crippen molar-refractivity contribution in [1.82, 2.24) is 4.90 Å². The number of Topliss-reactive ketones (excluding diaryl/α,β-unsaturated/α-hetero) is 1. The minimum Gasteiger partial charge on any atom is -0.292 e. The van der Waals surface area contributed by atoms with Crippen LogP contribution in [0, 0.1) is 5.92 Å². The van der Waals surface area contributed by atoms with Gasteiger partial charge in [0.2, 0.25) is 0 Å². The number of ketones is 1. The van der Waals surface area contributed by atoms with Gasteiger partial charge in [0.25, 0.3) is 0 Å². The normalized spacial score (nSPS) is 25.5. The number of hydrogen-bond donors (Lipinski definition) is 0. The van der Waals surface area contributed by atoms with Crippen LogP contribution in [0.2, 0.25) is 0 Å². The molecule has 3 aliphatic rings.